The first-order chi connectivity index (χ1) is 27.5. The number of aliphatic hydroxyl groups excluding tert-OH is 1. The number of ether oxygens (including phenoxy) is 2. The summed E-state index contributed by atoms with van der Waals surface area (Å²) in [7, 11) is -4.74. The Kier molecular flexibility index (Phi) is 36.3. The van der Waals surface area contributed by atoms with Gasteiger partial charge in [0, 0.05) is 12.8 Å². The Morgan fingerprint density at radius 1 is 0.614 bits per heavy atom. The van der Waals surface area contributed by atoms with E-state index < -0.39 is 57.7 Å². The number of hydrogen-bond acceptors (Lipinski definition) is 10. The molecule has 0 spiro atoms. The van der Waals surface area contributed by atoms with Crippen LogP contribution in [-0.2, 0) is 37.5 Å². The molecule has 13 heteroatoms. The Bertz CT molecular complexity index is 1260. The second kappa shape index (κ2) is 38.4. The van der Waals surface area contributed by atoms with Gasteiger partial charge in [-0.1, -0.05) is 125 Å². The molecule has 0 rings (SSSR count). The molecule has 0 saturated carbocycles. The van der Waals surface area contributed by atoms with Crippen LogP contribution in [0.2, 0.25) is 0 Å². The molecule has 0 saturated heterocycles. The fourth-order valence-electron chi connectivity index (χ4n) is 5.16. The molecule has 12 nitrogen and oxygen atoms in total. The molecule has 57 heavy (non-hydrogen) atoms. The van der Waals surface area contributed by atoms with E-state index in [4.69, 9.17) is 24.8 Å². The third-order valence-corrected chi connectivity index (χ3v) is 9.43. The summed E-state index contributed by atoms with van der Waals surface area (Å²) in [5.74, 6) is -2.50. The van der Waals surface area contributed by atoms with Gasteiger partial charge >= 0.3 is 25.7 Å². The van der Waals surface area contributed by atoms with Gasteiger partial charge in [-0.3, -0.25) is 23.4 Å². The van der Waals surface area contributed by atoms with Crippen molar-refractivity contribution in [1.82, 2.24) is 0 Å². The number of carbonyl (C=O) groups excluding carboxylic acids is 2. The predicted molar refractivity (Wildman–Crippen MR) is 227 cm³/mol. The Morgan fingerprint density at radius 3 is 1.68 bits per heavy atom. The lowest BCUT2D eigenvalue weighted by Gasteiger charge is -2.20. The summed E-state index contributed by atoms with van der Waals surface area (Å²) in [4.78, 5) is 45.9. The number of aliphatic hydroxyl groups is 1. The van der Waals surface area contributed by atoms with Crippen molar-refractivity contribution >= 4 is 25.7 Å². The van der Waals surface area contributed by atoms with Crippen LogP contribution in [0.15, 0.2) is 72.9 Å². The lowest BCUT2D eigenvalue weighted by molar-refractivity contribution is -0.161. The fourth-order valence-corrected chi connectivity index (χ4v) is 5.94. The van der Waals surface area contributed by atoms with Crippen LogP contribution in [0.5, 0.6) is 0 Å². The number of hydrogen-bond donors (Lipinski definition) is 4. The molecule has 4 atom stereocenters. The van der Waals surface area contributed by atoms with E-state index in [-0.39, 0.29) is 18.9 Å². The van der Waals surface area contributed by atoms with Crippen LogP contribution in [0.1, 0.15) is 149 Å². The molecule has 0 heterocycles. The van der Waals surface area contributed by atoms with E-state index >= 15 is 0 Å². The van der Waals surface area contributed by atoms with Gasteiger partial charge in [-0.05, 0) is 83.5 Å². The van der Waals surface area contributed by atoms with Crippen LogP contribution in [0, 0.1) is 0 Å². The zero-order valence-electron chi connectivity index (χ0n) is 34.8. The fraction of sp³-hybridized carbons (Fsp3) is 0.659. The average molecular weight is 824 g/mol. The van der Waals surface area contributed by atoms with Crippen molar-refractivity contribution in [2.24, 2.45) is 5.73 Å². The van der Waals surface area contributed by atoms with Gasteiger partial charge in [-0.25, -0.2) is 4.57 Å². The molecule has 0 aliphatic rings. The van der Waals surface area contributed by atoms with Crippen molar-refractivity contribution < 1.29 is 52.6 Å². The number of aliphatic carboxylic acids is 1. The van der Waals surface area contributed by atoms with Crippen molar-refractivity contribution in [3.8, 4) is 0 Å². The second-order valence-corrected chi connectivity index (χ2v) is 15.4. The number of carboxylic acid groups (broad SMARTS) is 1. The maximum Gasteiger partial charge on any atom is 0.472 e. The summed E-state index contributed by atoms with van der Waals surface area (Å²) in [6.45, 7) is 2.48. The Morgan fingerprint density at radius 2 is 1.11 bits per heavy atom. The monoisotopic (exact) mass is 823 g/mol. The quantitative estimate of drug-likeness (QED) is 0.0200. The molecule has 0 aromatic heterocycles. The molecular weight excluding hydrogens is 749 g/mol. The van der Waals surface area contributed by atoms with Crippen molar-refractivity contribution in [1.29, 1.82) is 0 Å². The lowest BCUT2D eigenvalue weighted by atomic mass is 10.1. The van der Waals surface area contributed by atoms with Crippen LogP contribution < -0.4 is 5.73 Å². The van der Waals surface area contributed by atoms with Gasteiger partial charge in [0.25, 0.3) is 0 Å². The van der Waals surface area contributed by atoms with E-state index in [0.717, 1.165) is 77.0 Å². The SMILES string of the molecule is CCCCC/C=C\C/C=C\CCCCCCCC(=O)O[C@H](COC(=O)CCC/C=C\C/C=C\C/C=C\C/C=C\CC(O)CCC)COP(=O)(O)OC[C@H](N)C(=O)O. The van der Waals surface area contributed by atoms with E-state index in [1.54, 1.807) is 0 Å². The van der Waals surface area contributed by atoms with Crippen LogP contribution >= 0.6 is 7.82 Å². The highest BCUT2D eigenvalue weighted by atomic mass is 31.2. The van der Waals surface area contributed by atoms with Gasteiger partial charge in [0.15, 0.2) is 6.10 Å². The van der Waals surface area contributed by atoms with E-state index in [1.807, 2.05) is 18.2 Å². The molecule has 0 aliphatic heterocycles. The van der Waals surface area contributed by atoms with Gasteiger partial charge in [0.05, 0.1) is 19.3 Å². The number of carboxylic acids is 1. The minimum Gasteiger partial charge on any atom is -0.480 e. The molecule has 0 aliphatic carbocycles. The normalized spacial score (nSPS) is 15.0. The van der Waals surface area contributed by atoms with Gasteiger partial charge < -0.3 is 30.3 Å². The minimum atomic E-state index is -4.74. The molecule has 0 radical (unpaired) electrons. The number of phosphoric ester groups is 1. The summed E-state index contributed by atoms with van der Waals surface area (Å²) < 4.78 is 32.6. The van der Waals surface area contributed by atoms with Crippen LogP contribution in [0.3, 0.4) is 0 Å². The summed E-state index contributed by atoms with van der Waals surface area (Å²) in [6.07, 6.45) is 41.8. The van der Waals surface area contributed by atoms with Crippen LogP contribution in [0.4, 0.5) is 0 Å². The maximum atomic E-state index is 12.6. The molecule has 0 fully saturated rings. The van der Waals surface area contributed by atoms with E-state index in [0.29, 0.717) is 25.7 Å². The van der Waals surface area contributed by atoms with Crippen molar-refractivity contribution in [3.63, 3.8) is 0 Å². The number of unbranched alkanes of at least 4 members (excludes halogenated alkanes) is 9. The van der Waals surface area contributed by atoms with Gasteiger partial charge in [0.2, 0.25) is 0 Å². The summed E-state index contributed by atoms with van der Waals surface area (Å²) in [5.41, 5.74) is 5.32. The molecule has 0 aromatic carbocycles. The zero-order valence-corrected chi connectivity index (χ0v) is 35.7. The summed E-state index contributed by atoms with van der Waals surface area (Å²) in [6, 6.07) is -1.54. The smallest absolute Gasteiger partial charge is 0.472 e. The molecular formula is C44H74NO11P. The molecule has 2 unspecified atom stereocenters. The number of allylic oxidation sites excluding steroid dienone is 11. The molecule has 5 N–H and O–H groups in total. The molecule has 0 amide bonds. The Balaban J connectivity index is 4.53. The average Bonchev–Trinajstić information content (AvgIpc) is 3.18. The Hall–Kier alpha value is -3.12. The molecule has 326 valence electrons. The first-order valence-corrected chi connectivity index (χ1v) is 22.5. The minimum absolute atomic E-state index is 0.122. The topological polar surface area (TPSA) is 192 Å². The standard InChI is InChI=1S/C44H74NO11P/c1-3-5-6-7-8-9-10-11-12-15-19-22-25-28-31-35-43(48)56-40(37-54-57(51,52)55-38-41(45)44(49)50)36-53-42(47)34-30-27-24-21-18-16-13-14-17-20-23-26-29-33-39(46)32-4-2/h8-9,11-13,16-17,20-21,24,26,29,39-41,46H,3-7,10,14-15,18-19,22-23,25,27-28,30-38,45H2,1-2H3,(H,49,50)(H,51,52)/b9-8-,12-11-,16-13-,20-17-,24-21-,29-26-/t39?,40-,41+/m1/s1. The number of carbonyl (C=O) groups is 3. The zero-order chi connectivity index (χ0) is 42.2. The van der Waals surface area contributed by atoms with Crippen LogP contribution in [0.25, 0.3) is 0 Å². The largest absolute Gasteiger partial charge is 0.480 e. The summed E-state index contributed by atoms with van der Waals surface area (Å²) in [5, 5.41) is 18.6. The van der Waals surface area contributed by atoms with E-state index in [2.05, 4.69) is 73.1 Å². The number of esters is 2. The first kappa shape index (κ1) is 53.9. The summed E-state index contributed by atoms with van der Waals surface area (Å²) >= 11 is 0. The van der Waals surface area contributed by atoms with Crippen molar-refractivity contribution in [3.05, 3.63) is 72.9 Å². The third kappa shape index (κ3) is 38.2. The van der Waals surface area contributed by atoms with Crippen molar-refractivity contribution in [2.45, 2.75) is 167 Å². The number of phosphoric acid groups is 1. The number of nitrogens with two attached hydrogens (primary N) is 1. The van der Waals surface area contributed by atoms with E-state index in [9.17, 15) is 28.9 Å². The lowest BCUT2D eigenvalue weighted by Crippen LogP contribution is -2.34. The van der Waals surface area contributed by atoms with Gasteiger partial charge in [-0.15, -0.1) is 0 Å². The highest BCUT2D eigenvalue weighted by Crippen LogP contribution is 2.43. The highest BCUT2D eigenvalue weighted by Gasteiger charge is 2.28. The predicted octanol–water partition coefficient (Wildman–Crippen LogP) is 9.92. The molecule has 0 aromatic rings. The first-order valence-electron chi connectivity index (χ1n) is 21.0. The highest BCUT2D eigenvalue weighted by molar-refractivity contribution is 7.47. The third-order valence-electron chi connectivity index (χ3n) is 8.48. The van der Waals surface area contributed by atoms with E-state index in [1.165, 1.54) is 19.3 Å². The maximum absolute atomic E-state index is 12.6. The van der Waals surface area contributed by atoms with Crippen molar-refractivity contribution in [2.75, 3.05) is 19.8 Å². The van der Waals surface area contributed by atoms with Gasteiger partial charge in [-0.2, -0.15) is 0 Å². The Labute approximate surface area is 343 Å². The second-order valence-electron chi connectivity index (χ2n) is 13.9. The molecule has 0 bridgehead atoms. The van der Waals surface area contributed by atoms with Gasteiger partial charge in [0.1, 0.15) is 12.6 Å². The number of rotatable bonds is 38. The van der Waals surface area contributed by atoms with Crippen LogP contribution in [-0.4, -0.2) is 71.1 Å².